The molecule has 0 aliphatic heterocycles. The SMILES string of the molecule is CCCCCCC(C)C(=O)Oc1ccc(S(=O)(=O)O)cc1.[H-].[Na+]. The van der Waals surface area contributed by atoms with E-state index in [0.717, 1.165) is 25.7 Å². The topological polar surface area (TPSA) is 80.7 Å². The summed E-state index contributed by atoms with van der Waals surface area (Å²) in [5, 5.41) is 0. The van der Waals surface area contributed by atoms with Gasteiger partial charge in [0.2, 0.25) is 0 Å². The summed E-state index contributed by atoms with van der Waals surface area (Å²) >= 11 is 0. The molecule has 0 saturated heterocycles. The zero-order valence-electron chi connectivity index (χ0n) is 14.4. The van der Waals surface area contributed by atoms with Crippen LogP contribution in [0.3, 0.4) is 0 Å². The van der Waals surface area contributed by atoms with E-state index in [-0.39, 0.29) is 53.5 Å². The van der Waals surface area contributed by atoms with Crippen molar-refractivity contribution in [3.8, 4) is 5.75 Å². The van der Waals surface area contributed by atoms with Crippen molar-refractivity contribution in [1.29, 1.82) is 0 Å². The van der Waals surface area contributed by atoms with E-state index in [2.05, 4.69) is 6.92 Å². The van der Waals surface area contributed by atoms with E-state index >= 15 is 0 Å². The molecule has 0 saturated carbocycles. The molecule has 7 heteroatoms. The van der Waals surface area contributed by atoms with Gasteiger partial charge < -0.3 is 6.16 Å². The zero-order valence-corrected chi connectivity index (χ0v) is 16.2. The summed E-state index contributed by atoms with van der Waals surface area (Å²) in [6.07, 6.45) is 5.20. The monoisotopic (exact) mass is 338 g/mol. The van der Waals surface area contributed by atoms with E-state index < -0.39 is 10.1 Å². The molecular weight excluding hydrogens is 315 g/mol. The Balaban J connectivity index is 0. The Kier molecular flexibility index (Phi) is 10.2. The van der Waals surface area contributed by atoms with Gasteiger partial charge in [0.15, 0.2) is 0 Å². The molecule has 0 radical (unpaired) electrons. The molecule has 1 aromatic rings. The molecular formula is C15H23NaO5S. The van der Waals surface area contributed by atoms with Crippen LogP contribution in [0, 0.1) is 5.92 Å². The largest absolute Gasteiger partial charge is 1.00 e. The number of esters is 1. The Morgan fingerprint density at radius 1 is 1.23 bits per heavy atom. The minimum absolute atomic E-state index is 0. The summed E-state index contributed by atoms with van der Waals surface area (Å²) in [5.41, 5.74) is 0. The van der Waals surface area contributed by atoms with Gasteiger partial charge in [-0.15, -0.1) is 0 Å². The van der Waals surface area contributed by atoms with Gasteiger partial charge in [0.1, 0.15) is 5.75 Å². The molecule has 0 spiro atoms. The Bertz CT molecular complexity index is 560. The van der Waals surface area contributed by atoms with Crippen molar-refractivity contribution in [2.24, 2.45) is 5.92 Å². The fourth-order valence-electron chi connectivity index (χ4n) is 1.89. The molecule has 1 atom stereocenters. The fraction of sp³-hybridized carbons (Fsp3) is 0.533. The van der Waals surface area contributed by atoms with Crippen molar-refractivity contribution in [3.05, 3.63) is 24.3 Å². The summed E-state index contributed by atoms with van der Waals surface area (Å²) in [6, 6.07) is 5.10. The first-order chi connectivity index (χ1) is 9.84. The number of hydrogen-bond donors (Lipinski definition) is 1. The number of hydrogen-bond acceptors (Lipinski definition) is 4. The van der Waals surface area contributed by atoms with Crippen LogP contribution in [0.5, 0.6) is 5.75 Å². The standard InChI is InChI=1S/C15H22O5S.Na.H/c1-3-4-5-6-7-12(2)15(16)20-13-8-10-14(11-9-13)21(17,18)19;;/h8-12H,3-7H2,1-2H3,(H,17,18,19);;/q;+1;-1. The molecule has 0 bridgehead atoms. The Morgan fingerprint density at radius 2 is 1.82 bits per heavy atom. The average molecular weight is 338 g/mol. The molecule has 0 amide bonds. The first kappa shape index (κ1) is 21.6. The predicted octanol–water partition coefficient (Wildman–Crippen LogP) is 0.562. The van der Waals surface area contributed by atoms with E-state index in [4.69, 9.17) is 9.29 Å². The van der Waals surface area contributed by atoms with Crippen molar-refractivity contribution in [1.82, 2.24) is 0 Å². The third-order valence-electron chi connectivity index (χ3n) is 3.23. The van der Waals surface area contributed by atoms with Gasteiger partial charge in [0, 0.05) is 0 Å². The second-order valence-electron chi connectivity index (χ2n) is 5.12. The fourth-order valence-corrected chi connectivity index (χ4v) is 2.37. The maximum Gasteiger partial charge on any atom is 1.00 e. The number of carbonyl (C=O) groups is 1. The number of unbranched alkanes of at least 4 members (excludes halogenated alkanes) is 3. The summed E-state index contributed by atoms with van der Waals surface area (Å²) < 4.78 is 35.8. The molecule has 120 valence electrons. The van der Waals surface area contributed by atoms with Gasteiger partial charge >= 0.3 is 35.5 Å². The number of carbonyl (C=O) groups excluding carboxylic acids is 1. The molecule has 22 heavy (non-hydrogen) atoms. The molecule has 0 aromatic heterocycles. The second-order valence-corrected chi connectivity index (χ2v) is 6.54. The summed E-state index contributed by atoms with van der Waals surface area (Å²) in [4.78, 5) is 11.6. The first-order valence-electron chi connectivity index (χ1n) is 7.14. The summed E-state index contributed by atoms with van der Waals surface area (Å²) in [7, 11) is -4.22. The quantitative estimate of drug-likeness (QED) is 0.246. The van der Waals surface area contributed by atoms with Crippen LogP contribution in [0.1, 0.15) is 47.4 Å². The second kappa shape index (κ2) is 10.4. The van der Waals surface area contributed by atoms with Crippen LogP contribution >= 0.6 is 0 Å². The van der Waals surface area contributed by atoms with Crippen LogP contribution < -0.4 is 34.3 Å². The van der Waals surface area contributed by atoms with Crippen LogP contribution in [0.15, 0.2) is 29.2 Å². The molecule has 0 fully saturated rings. The van der Waals surface area contributed by atoms with Crippen LogP contribution in [0.25, 0.3) is 0 Å². The Hall–Kier alpha value is -0.400. The molecule has 0 aliphatic rings. The maximum atomic E-state index is 11.9. The van der Waals surface area contributed by atoms with E-state index in [1.807, 2.05) is 6.92 Å². The van der Waals surface area contributed by atoms with Crippen LogP contribution in [0.2, 0.25) is 0 Å². The minimum Gasteiger partial charge on any atom is -1.00 e. The van der Waals surface area contributed by atoms with Gasteiger partial charge in [0.05, 0.1) is 10.8 Å². The van der Waals surface area contributed by atoms with Gasteiger partial charge in [-0.1, -0.05) is 39.5 Å². The molecule has 1 N–H and O–H groups in total. The average Bonchev–Trinajstić information content (AvgIpc) is 2.43. The third-order valence-corrected chi connectivity index (χ3v) is 4.10. The van der Waals surface area contributed by atoms with Gasteiger partial charge in [0.25, 0.3) is 10.1 Å². The predicted molar refractivity (Wildman–Crippen MR) is 80.9 cm³/mol. The van der Waals surface area contributed by atoms with Gasteiger partial charge in [-0.3, -0.25) is 9.35 Å². The van der Waals surface area contributed by atoms with E-state index in [9.17, 15) is 13.2 Å². The minimum atomic E-state index is -4.22. The van der Waals surface area contributed by atoms with Crippen LogP contribution in [0.4, 0.5) is 0 Å². The van der Waals surface area contributed by atoms with Crippen molar-refractivity contribution < 1.29 is 53.5 Å². The molecule has 1 rings (SSSR count). The molecule has 1 aromatic carbocycles. The molecule has 0 aliphatic carbocycles. The van der Waals surface area contributed by atoms with Gasteiger partial charge in [-0.05, 0) is 30.7 Å². The van der Waals surface area contributed by atoms with Crippen LogP contribution in [-0.4, -0.2) is 18.9 Å². The molecule has 5 nitrogen and oxygen atoms in total. The first-order valence-corrected chi connectivity index (χ1v) is 8.58. The normalized spacial score (nSPS) is 12.3. The number of rotatable bonds is 8. The van der Waals surface area contributed by atoms with E-state index in [1.54, 1.807) is 0 Å². The van der Waals surface area contributed by atoms with Crippen molar-refractivity contribution >= 4 is 16.1 Å². The smallest absolute Gasteiger partial charge is 1.00 e. The number of ether oxygens (including phenoxy) is 1. The maximum absolute atomic E-state index is 11.9. The number of benzene rings is 1. The Labute approximate surface area is 156 Å². The summed E-state index contributed by atoms with van der Waals surface area (Å²) in [5.74, 6) is -0.248. The van der Waals surface area contributed by atoms with Crippen molar-refractivity contribution in [2.45, 2.75) is 50.8 Å². The summed E-state index contributed by atoms with van der Waals surface area (Å²) in [6.45, 7) is 3.95. The zero-order chi connectivity index (χ0) is 15.9. The van der Waals surface area contributed by atoms with Crippen molar-refractivity contribution in [2.75, 3.05) is 0 Å². The van der Waals surface area contributed by atoms with E-state index in [1.165, 1.54) is 30.7 Å². The van der Waals surface area contributed by atoms with Crippen molar-refractivity contribution in [3.63, 3.8) is 0 Å². The van der Waals surface area contributed by atoms with Gasteiger partial charge in [-0.25, -0.2) is 0 Å². The van der Waals surface area contributed by atoms with Crippen LogP contribution in [-0.2, 0) is 14.9 Å². The molecule has 1 unspecified atom stereocenters. The molecule has 0 heterocycles. The van der Waals surface area contributed by atoms with Gasteiger partial charge in [-0.2, -0.15) is 8.42 Å². The third kappa shape index (κ3) is 7.74. The Morgan fingerprint density at radius 3 is 2.32 bits per heavy atom. The van der Waals surface area contributed by atoms with E-state index in [0.29, 0.717) is 0 Å².